The van der Waals surface area contributed by atoms with Crippen molar-refractivity contribution in [3.8, 4) is 0 Å². The minimum absolute atomic E-state index is 0.00144. The predicted octanol–water partition coefficient (Wildman–Crippen LogP) is 1.34. The van der Waals surface area contributed by atoms with Gasteiger partial charge in [-0.05, 0) is 17.9 Å². The number of sulfone groups is 1. The molecular formula is C14H19NO3S. The molecule has 1 heterocycles. The van der Waals surface area contributed by atoms with Gasteiger partial charge in [0.25, 0.3) is 0 Å². The molecule has 1 amide bonds. The third kappa shape index (κ3) is 3.80. The third-order valence-electron chi connectivity index (χ3n) is 3.55. The molecule has 0 aromatic heterocycles. The average Bonchev–Trinajstić information content (AvgIpc) is 2.77. The Morgan fingerprint density at radius 3 is 2.63 bits per heavy atom. The highest BCUT2D eigenvalue weighted by molar-refractivity contribution is 7.91. The van der Waals surface area contributed by atoms with Crippen LogP contribution in [0.5, 0.6) is 0 Å². The first kappa shape index (κ1) is 14.1. The van der Waals surface area contributed by atoms with Crippen LogP contribution in [0.1, 0.15) is 24.8 Å². The zero-order chi connectivity index (χ0) is 13.9. The summed E-state index contributed by atoms with van der Waals surface area (Å²) >= 11 is 0. The molecule has 1 aromatic carbocycles. The third-order valence-corrected chi connectivity index (χ3v) is 5.32. The van der Waals surface area contributed by atoms with Crippen LogP contribution in [-0.2, 0) is 14.6 Å². The maximum Gasteiger partial charge on any atom is 0.224 e. The average molecular weight is 281 g/mol. The Bertz CT molecular complexity index is 539. The van der Waals surface area contributed by atoms with Gasteiger partial charge in [-0.15, -0.1) is 0 Å². The molecule has 1 aliphatic heterocycles. The molecule has 0 bridgehead atoms. The highest BCUT2D eigenvalue weighted by Gasteiger charge is 2.32. The van der Waals surface area contributed by atoms with Crippen LogP contribution >= 0.6 is 0 Å². The fourth-order valence-corrected chi connectivity index (χ4v) is 4.04. The monoisotopic (exact) mass is 281 g/mol. The van der Waals surface area contributed by atoms with Crippen molar-refractivity contribution in [3.05, 3.63) is 35.9 Å². The zero-order valence-corrected chi connectivity index (χ0v) is 11.8. The molecule has 1 N–H and O–H groups in total. The van der Waals surface area contributed by atoms with Gasteiger partial charge in [0.15, 0.2) is 9.84 Å². The van der Waals surface area contributed by atoms with Crippen LogP contribution in [-0.4, -0.2) is 32.4 Å². The van der Waals surface area contributed by atoms with Crippen LogP contribution in [0.15, 0.2) is 30.3 Å². The van der Waals surface area contributed by atoms with Gasteiger partial charge in [0, 0.05) is 6.54 Å². The summed E-state index contributed by atoms with van der Waals surface area (Å²) in [5.74, 6) is -0.141. The summed E-state index contributed by atoms with van der Waals surface area (Å²) in [6.45, 7) is 2.58. The molecule has 5 heteroatoms. The number of nitrogens with one attached hydrogen (secondary N) is 1. The highest BCUT2D eigenvalue weighted by Crippen LogP contribution is 2.19. The molecule has 1 fully saturated rings. The van der Waals surface area contributed by atoms with Gasteiger partial charge in [-0.2, -0.15) is 0 Å². The molecular weight excluding hydrogens is 262 g/mol. The Morgan fingerprint density at radius 1 is 1.37 bits per heavy atom. The normalized spacial score (nSPS) is 22.9. The first-order valence-corrected chi connectivity index (χ1v) is 8.33. The van der Waals surface area contributed by atoms with Gasteiger partial charge >= 0.3 is 0 Å². The lowest BCUT2D eigenvalue weighted by Gasteiger charge is -2.15. The van der Waals surface area contributed by atoms with Gasteiger partial charge in [0.2, 0.25) is 5.91 Å². The molecule has 4 nitrogen and oxygen atoms in total. The molecule has 1 aliphatic rings. The van der Waals surface area contributed by atoms with Crippen molar-refractivity contribution < 1.29 is 13.2 Å². The maximum atomic E-state index is 11.9. The molecule has 1 saturated heterocycles. The molecule has 2 unspecified atom stereocenters. The minimum Gasteiger partial charge on any atom is -0.355 e. The Hall–Kier alpha value is -1.36. The summed E-state index contributed by atoms with van der Waals surface area (Å²) < 4.78 is 22.7. The van der Waals surface area contributed by atoms with Crippen molar-refractivity contribution in [2.24, 2.45) is 5.92 Å². The van der Waals surface area contributed by atoms with Crippen molar-refractivity contribution in [1.82, 2.24) is 5.32 Å². The van der Waals surface area contributed by atoms with Crippen LogP contribution in [0.4, 0.5) is 0 Å². The largest absolute Gasteiger partial charge is 0.355 e. The predicted molar refractivity (Wildman–Crippen MR) is 74.6 cm³/mol. The lowest BCUT2D eigenvalue weighted by atomic mass is 10.0. The number of hydrogen-bond acceptors (Lipinski definition) is 3. The topological polar surface area (TPSA) is 63.2 Å². The van der Waals surface area contributed by atoms with E-state index in [2.05, 4.69) is 5.32 Å². The summed E-state index contributed by atoms with van der Waals surface area (Å²) in [4.78, 5) is 11.9. The molecule has 19 heavy (non-hydrogen) atoms. The first-order chi connectivity index (χ1) is 8.98. The van der Waals surface area contributed by atoms with Gasteiger partial charge in [-0.1, -0.05) is 37.3 Å². The molecule has 2 rings (SSSR count). The molecule has 0 radical (unpaired) electrons. The van der Waals surface area contributed by atoms with E-state index in [0.717, 1.165) is 0 Å². The van der Waals surface area contributed by atoms with Crippen molar-refractivity contribution >= 4 is 15.7 Å². The number of carbonyl (C=O) groups excluding carboxylic acids is 1. The second-order valence-electron chi connectivity index (χ2n) is 5.16. The molecule has 0 spiro atoms. The Morgan fingerprint density at radius 2 is 2.05 bits per heavy atom. The van der Waals surface area contributed by atoms with Gasteiger partial charge in [-0.3, -0.25) is 4.79 Å². The molecule has 1 aromatic rings. The van der Waals surface area contributed by atoms with Crippen LogP contribution in [0, 0.1) is 5.92 Å². The van der Waals surface area contributed by atoms with Crippen LogP contribution < -0.4 is 5.32 Å². The standard InChI is InChI=1S/C14H19NO3S/c1-11(12-5-3-2-4-6-12)9-15-14(16)13-7-8-19(17,18)10-13/h2-6,11,13H,7-10H2,1H3,(H,15,16). The van der Waals surface area contributed by atoms with Crippen LogP contribution in [0.3, 0.4) is 0 Å². The fourth-order valence-electron chi connectivity index (χ4n) is 2.30. The summed E-state index contributed by atoms with van der Waals surface area (Å²) in [5, 5.41) is 2.86. The number of rotatable bonds is 4. The van der Waals surface area contributed by atoms with Gasteiger partial charge in [-0.25, -0.2) is 8.42 Å². The Labute approximate surface area is 114 Å². The van der Waals surface area contributed by atoms with E-state index in [9.17, 15) is 13.2 Å². The molecule has 0 saturated carbocycles. The smallest absolute Gasteiger partial charge is 0.224 e. The SMILES string of the molecule is CC(CNC(=O)C1CCS(=O)(=O)C1)c1ccccc1. The zero-order valence-electron chi connectivity index (χ0n) is 11.0. The van der Waals surface area contributed by atoms with E-state index in [4.69, 9.17) is 0 Å². The van der Waals surface area contributed by atoms with Crippen LogP contribution in [0.2, 0.25) is 0 Å². The molecule has 0 aliphatic carbocycles. The van der Waals surface area contributed by atoms with Crippen molar-refractivity contribution in [3.63, 3.8) is 0 Å². The van der Waals surface area contributed by atoms with E-state index < -0.39 is 9.84 Å². The second-order valence-corrected chi connectivity index (χ2v) is 7.39. The second kappa shape index (κ2) is 5.74. The number of carbonyl (C=O) groups is 1. The summed E-state index contributed by atoms with van der Waals surface area (Å²) in [5.41, 5.74) is 1.17. The Balaban J connectivity index is 1.84. The maximum absolute atomic E-state index is 11.9. The van der Waals surface area contributed by atoms with Crippen molar-refractivity contribution in [2.45, 2.75) is 19.3 Å². The quantitative estimate of drug-likeness (QED) is 0.906. The number of amides is 1. The Kier molecular flexibility index (Phi) is 4.24. The summed E-state index contributed by atoms with van der Waals surface area (Å²) in [7, 11) is -2.99. The molecule has 104 valence electrons. The van der Waals surface area contributed by atoms with Crippen molar-refractivity contribution in [1.29, 1.82) is 0 Å². The van der Waals surface area contributed by atoms with E-state index in [1.54, 1.807) is 0 Å². The van der Waals surface area contributed by atoms with Gasteiger partial charge < -0.3 is 5.32 Å². The van der Waals surface area contributed by atoms with Gasteiger partial charge in [0.1, 0.15) is 0 Å². The van der Waals surface area contributed by atoms with Gasteiger partial charge in [0.05, 0.1) is 17.4 Å². The summed E-state index contributed by atoms with van der Waals surface area (Å²) in [6, 6.07) is 9.94. The lowest BCUT2D eigenvalue weighted by molar-refractivity contribution is -0.124. The van der Waals surface area contributed by atoms with E-state index >= 15 is 0 Å². The fraction of sp³-hybridized carbons (Fsp3) is 0.500. The number of hydrogen-bond donors (Lipinski definition) is 1. The van der Waals surface area contributed by atoms with Crippen LogP contribution in [0.25, 0.3) is 0 Å². The molecule has 2 atom stereocenters. The van der Waals surface area contributed by atoms with E-state index in [1.807, 2.05) is 37.3 Å². The van der Waals surface area contributed by atoms with E-state index in [0.29, 0.717) is 13.0 Å². The first-order valence-electron chi connectivity index (χ1n) is 6.51. The number of benzene rings is 1. The van der Waals surface area contributed by atoms with E-state index in [-0.39, 0.29) is 29.2 Å². The van der Waals surface area contributed by atoms with Crippen molar-refractivity contribution in [2.75, 3.05) is 18.1 Å². The minimum atomic E-state index is -2.99. The van der Waals surface area contributed by atoms with E-state index in [1.165, 1.54) is 5.56 Å². The lowest BCUT2D eigenvalue weighted by Crippen LogP contribution is -2.33. The highest BCUT2D eigenvalue weighted by atomic mass is 32.2. The summed E-state index contributed by atoms with van der Waals surface area (Å²) in [6.07, 6.45) is 0.452.